The molecule has 1 unspecified atom stereocenters. The van der Waals surface area contributed by atoms with Gasteiger partial charge in [0.1, 0.15) is 5.82 Å². The summed E-state index contributed by atoms with van der Waals surface area (Å²) in [6.07, 6.45) is 4.45. The molecule has 164 valence electrons. The lowest BCUT2D eigenvalue weighted by atomic mass is 9.85. The summed E-state index contributed by atoms with van der Waals surface area (Å²) in [4.78, 5) is 11.2. The molecule has 1 atom stereocenters. The van der Waals surface area contributed by atoms with Crippen molar-refractivity contribution in [3.05, 3.63) is 93.8 Å². The zero-order valence-corrected chi connectivity index (χ0v) is 18.7. The summed E-state index contributed by atoms with van der Waals surface area (Å²) in [6, 6.07) is 19.7. The third-order valence-electron chi connectivity index (χ3n) is 6.43. The minimum atomic E-state index is -0.904. The van der Waals surface area contributed by atoms with Crippen molar-refractivity contribution in [1.29, 1.82) is 0 Å². The van der Waals surface area contributed by atoms with Crippen molar-refractivity contribution >= 4 is 17.6 Å². The summed E-state index contributed by atoms with van der Waals surface area (Å²) in [5, 5.41) is 1.65. The topological polar surface area (TPSA) is 50.8 Å². The van der Waals surface area contributed by atoms with Crippen molar-refractivity contribution in [3.8, 4) is 11.1 Å². The summed E-state index contributed by atoms with van der Waals surface area (Å²) in [5.74, 6) is -0.0702. The third kappa shape index (κ3) is 3.76. The fourth-order valence-corrected chi connectivity index (χ4v) is 4.91. The van der Waals surface area contributed by atoms with Crippen LogP contribution in [0.25, 0.3) is 11.1 Å². The fraction of sp³-hybridized carbons (Fsp3) is 0.269. The zero-order chi connectivity index (χ0) is 22.3. The van der Waals surface area contributed by atoms with Crippen molar-refractivity contribution in [2.45, 2.75) is 37.8 Å². The molecule has 0 saturated carbocycles. The van der Waals surface area contributed by atoms with Gasteiger partial charge in [-0.15, -0.1) is 0 Å². The van der Waals surface area contributed by atoms with Gasteiger partial charge in [0, 0.05) is 19.0 Å². The number of benzene rings is 3. The van der Waals surface area contributed by atoms with Crippen LogP contribution in [0.2, 0.25) is 5.02 Å². The van der Waals surface area contributed by atoms with Crippen molar-refractivity contribution in [2.24, 2.45) is 10.7 Å². The van der Waals surface area contributed by atoms with Crippen LogP contribution in [0.4, 0.5) is 4.39 Å². The number of aliphatic imine (C=N–C) groups is 1. The normalized spacial score (nSPS) is 20.6. The van der Waals surface area contributed by atoms with Crippen LogP contribution in [0.5, 0.6) is 0 Å². The predicted molar refractivity (Wildman–Crippen MR) is 126 cm³/mol. The number of guanidine groups is 1. The Hall–Kier alpha value is -2.89. The van der Waals surface area contributed by atoms with Crippen LogP contribution in [-0.4, -0.2) is 18.1 Å². The highest BCUT2D eigenvalue weighted by atomic mass is 35.5. The first-order chi connectivity index (χ1) is 15.4. The van der Waals surface area contributed by atoms with Gasteiger partial charge in [-0.05, 0) is 71.7 Å². The molecular formula is C26H25ClFN3O. The molecule has 0 fully saturated rings. The molecule has 1 spiro atoms. The lowest BCUT2D eigenvalue weighted by molar-refractivity contribution is -0.176. The molecule has 32 heavy (non-hydrogen) atoms. The number of fused-ring (bicyclic) bond motifs is 3. The van der Waals surface area contributed by atoms with E-state index in [2.05, 4.69) is 42.5 Å². The van der Waals surface area contributed by atoms with Crippen LogP contribution in [0.3, 0.4) is 0 Å². The molecule has 0 saturated heterocycles. The highest BCUT2D eigenvalue weighted by Crippen LogP contribution is 2.42. The van der Waals surface area contributed by atoms with Crippen LogP contribution in [-0.2, 0) is 29.8 Å². The smallest absolute Gasteiger partial charge is 0.218 e. The number of nitrogens with two attached hydrogens (primary N) is 1. The summed E-state index contributed by atoms with van der Waals surface area (Å²) >= 11 is 6.06. The highest BCUT2D eigenvalue weighted by molar-refractivity contribution is 6.31. The Morgan fingerprint density at radius 1 is 0.969 bits per heavy atom. The Bertz CT molecular complexity index is 1210. The first-order valence-corrected chi connectivity index (χ1v) is 11.3. The van der Waals surface area contributed by atoms with Crippen molar-refractivity contribution < 1.29 is 9.23 Å². The van der Waals surface area contributed by atoms with Crippen LogP contribution in [0, 0.1) is 5.82 Å². The first-order valence-electron chi connectivity index (χ1n) is 10.9. The van der Waals surface area contributed by atoms with Gasteiger partial charge >= 0.3 is 0 Å². The number of rotatable bonds is 1. The molecule has 0 bridgehead atoms. The SMILES string of the molecule is CN1OC2(CCc3ccccc3CCCc3ccc(-c4ccc(F)c(Cl)c4)cc32)N=C1N. The molecule has 1 aliphatic carbocycles. The Morgan fingerprint density at radius 2 is 1.66 bits per heavy atom. The quantitative estimate of drug-likeness (QED) is 0.525. The molecular weight excluding hydrogens is 425 g/mol. The van der Waals surface area contributed by atoms with Gasteiger partial charge in [0.25, 0.3) is 0 Å². The zero-order valence-electron chi connectivity index (χ0n) is 17.9. The van der Waals surface area contributed by atoms with Crippen LogP contribution in [0.1, 0.15) is 35.1 Å². The summed E-state index contributed by atoms with van der Waals surface area (Å²) < 4.78 is 13.7. The van der Waals surface area contributed by atoms with Gasteiger partial charge in [0.05, 0.1) is 5.02 Å². The first kappa shape index (κ1) is 21.0. The molecule has 2 N–H and O–H groups in total. The molecule has 6 heteroatoms. The van der Waals surface area contributed by atoms with Gasteiger partial charge in [-0.1, -0.05) is 54.1 Å². The van der Waals surface area contributed by atoms with E-state index in [0.717, 1.165) is 42.4 Å². The molecule has 0 aromatic heterocycles. The maximum Gasteiger partial charge on any atom is 0.218 e. The van der Waals surface area contributed by atoms with E-state index in [0.29, 0.717) is 12.4 Å². The van der Waals surface area contributed by atoms with Gasteiger partial charge in [0.15, 0.2) is 0 Å². The molecule has 1 heterocycles. The van der Waals surface area contributed by atoms with Gasteiger partial charge in [-0.2, -0.15) is 0 Å². The monoisotopic (exact) mass is 449 g/mol. The van der Waals surface area contributed by atoms with E-state index < -0.39 is 11.5 Å². The maximum atomic E-state index is 13.7. The number of hydroxylamine groups is 2. The Morgan fingerprint density at radius 3 is 2.38 bits per heavy atom. The van der Waals surface area contributed by atoms with E-state index in [1.54, 1.807) is 24.2 Å². The van der Waals surface area contributed by atoms with Crippen molar-refractivity contribution in [2.75, 3.05) is 7.05 Å². The number of hydrogen-bond donors (Lipinski definition) is 1. The summed E-state index contributed by atoms with van der Waals surface area (Å²) in [5.41, 5.74) is 11.9. The second-order valence-corrected chi connectivity index (χ2v) is 8.87. The van der Waals surface area contributed by atoms with Crippen LogP contribution >= 0.6 is 11.6 Å². The molecule has 5 rings (SSSR count). The molecule has 2 aliphatic rings. The number of halogens is 2. The molecule has 0 amide bonds. The van der Waals surface area contributed by atoms with E-state index in [1.165, 1.54) is 22.8 Å². The van der Waals surface area contributed by atoms with Gasteiger partial charge < -0.3 is 5.73 Å². The van der Waals surface area contributed by atoms with Crippen molar-refractivity contribution in [3.63, 3.8) is 0 Å². The lowest BCUT2D eigenvalue weighted by Gasteiger charge is -2.30. The van der Waals surface area contributed by atoms with Crippen molar-refractivity contribution in [1.82, 2.24) is 5.06 Å². The van der Waals surface area contributed by atoms with E-state index in [4.69, 9.17) is 27.2 Å². The number of nitrogens with zero attached hydrogens (tertiary/aromatic N) is 2. The maximum absolute atomic E-state index is 13.7. The largest absolute Gasteiger partial charge is 0.368 e. The van der Waals surface area contributed by atoms with Crippen LogP contribution in [0.15, 0.2) is 65.7 Å². The number of aryl methyl sites for hydroxylation is 3. The molecule has 1 aliphatic heterocycles. The van der Waals surface area contributed by atoms with Crippen LogP contribution < -0.4 is 5.73 Å². The average molecular weight is 450 g/mol. The standard InChI is InChI=1S/C26H25ClFN3O/c1-31-25(29)30-26(32-31)14-13-18-6-3-2-5-17(18)7-4-8-19-9-10-20(15-22(19)26)21-11-12-24(28)23(27)16-21/h2-3,5-6,9-12,15-16H,4,7-8,13-14H2,1H3,(H2,29,30). The fourth-order valence-electron chi connectivity index (χ4n) is 4.73. The molecule has 3 aromatic rings. The molecule has 0 radical (unpaired) electrons. The van der Waals surface area contributed by atoms with E-state index in [1.807, 2.05) is 0 Å². The average Bonchev–Trinajstić information content (AvgIpc) is 3.09. The Balaban J connectivity index is 1.63. The third-order valence-corrected chi connectivity index (χ3v) is 6.72. The predicted octanol–water partition coefficient (Wildman–Crippen LogP) is 5.61. The van der Waals surface area contributed by atoms with E-state index in [-0.39, 0.29) is 5.02 Å². The van der Waals surface area contributed by atoms with E-state index in [9.17, 15) is 4.39 Å². The minimum Gasteiger partial charge on any atom is -0.368 e. The molecule has 3 aromatic carbocycles. The summed E-state index contributed by atoms with van der Waals surface area (Å²) in [7, 11) is 1.78. The van der Waals surface area contributed by atoms with Gasteiger partial charge in [-0.3, -0.25) is 0 Å². The second-order valence-electron chi connectivity index (χ2n) is 8.47. The number of hydrogen-bond acceptors (Lipinski definition) is 4. The lowest BCUT2D eigenvalue weighted by Crippen LogP contribution is -2.33. The van der Waals surface area contributed by atoms with Gasteiger partial charge in [0.2, 0.25) is 11.7 Å². The summed E-state index contributed by atoms with van der Waals surface area (Å²) in [6.45, 7) is 0. The Labute approximate surface area is 192 Å². The highest BCUT2D eigenvalue weighted by Gasteiger charge is 2.42. The minimum absolute atomic E-state index is 0.105. The molecule has 4 nitrogen and oxygen atoms in total. The van der Waals surface area contributed by atoms with Gasteiger partial charge in [-0.25, -0.2) is 19.3 Å². The van der Waals surface area contributed by atoms with E-state index >= 15 is 0 Å². The Kier molecular flexibility index (Phi) is 5.39. The second kappa shape index (κ2) is 8.23.